The first-order chi connectivity index (χ1) is 9.16. The minimum Gasteiger partial charge on any atom is -0.342 e. The molecule has 2 rings (SSSR count). The largest absolute Gasteiger partial charge is 0.342 e. The first kappa shape index (κ1) is 14.9. The van der Waals surface area contributed by atoms with Gasteiger partial charge in [-0.2, -0.15) is 0 Å². The zero-order chi connectivity index (χ0) is 13.7. The van der Waals surface area contributed by atoms with Crippen molar-refractivity contribution < 1.29 is 4.79 Å². The van der Waals surface area contributed by atoms with Crippen LogP contribution in [0.3, 0.4) is 0 Å². The molecule has 1 atom stereocenters. The van der Waals surface area contributed by atoms with Crippen molar-refractivity contribution in [3.63, 3.8) is 0 Å². The average Bonchev–Trinajstić information content (AvgIpc) is 2.46. The molecule has 0 N–H and O–H groups in total. The number of hydrogen-bond donors (Lipinski definition) is 0. The third-order valence-corrected chi connectivity index (χ3v) is 5.16. The van der Waals surface area contributed by atoms with E-state index in [0.29, 0.717) is 5.91 Å². The van der Waals surface area contributed by atoms with Gasteiger partial charge in [-0.1, -0.05) is 28.1 Å². The van der Waals surface area contributed by atoms with Crippen molar-refractivity contribution in [3.8, 4) is 0 Å². The van der Waals surface area contributed by atoms with Crippen molar-refractivity contribution >= 4 is 33.6 Å². The Morgan fingerprint density at radius 1 is 1.26 bits per heavy atom. The molecule has 4 heteroatoms. The van der Waals surface area contributed by atoms with Crippen molar-refractivity contribution in [1.82, 2.24) is 4.90 Å². The van der Waals surface area contributed by atoms with Crippen LogP contribution in [0, 0.1) is 0 Å². The Labute approximate surface area is 128 Å². The number of carbonyl (C=O) groups excluding carboxylic acids is 1. The van der Waals surface area contributed by atoms with Crippen molar-refractivity contribution in [3.05, 3.63) is 34.3 Å². The van der Waals surface area contributed by atoms with Crippen molar-refractivity contribution in [2.45, 2.75) is 37.2 Å². The molecule has 19 heavy (non-hydrogen) atoms. The van der Waals surface area contributed by atoms with Crippen LogP contribution in [0.15, 0.2) is 28.7 Å². The zero-order valence-corrected chi connectivity index (χ0v) is 13.7. The second-order valence-electron chi connectivity index (χ2n) is 4.97. The van der Waals surface area contributed by atoms with E-state index in [1.54, 1.807) is 11.8 Å². The quantitative estimate of drug-likeness (QED) is 0.822. The number of hydrogen-bond acceptors (Lipinski definition) is 2. The third-order valence-electron chi connectivity index (χ3n) is 3.43. The fraction of sp³-hybridized carbons (Fsp3) is 0.533. The SMILES string of the molecule is CC(SCc1ccc(Br)cc1)C(=O)N1CCCCC1. The topological polar surface area (TPSA) is 20.3 Å². The van der Waals surface area contributed by atoms with Crippen LogP contribution in [0.2, 0.25) is 0 Å². The highest BCUT2D eigenvalue weighted by molar-refractivity contribution is 9.10. The van der Waals surface area contributed by atoms with E-state index in [4.69, 9.17) is 0 Å². The maximum atomic E-state index is 12.3. The number of nitrogens with zero attached hydrogens (tertiary/aromatic N) is 1. The number of amides is 1. The smallest absolute Gasteiger partial charge is 0.235 e. The van der Waals surface area contributed by atoms with Gasteiger partial charge in [-0.15, -0.1) is 11.8 Å². The molecular formula is C15H20BrNOS. The molecule has 0 aliphatic carbocycles. The van der Waals surface area contributed by atoms with Gasteiger partial charge in [-0.05, 0) is 43.9 Å². The molecule has 0 aromatic heterocycles. The van der Waals surface area contributed by atoms with E-state index in [0.717, 1.165) is 36.2 Å². The van der Waals surface area contributed by atoms with Gasteiger partial charge in [0.15, 0.2) is 0 Å². The van der Waals surface area contributed by atoms with Gasteiger partial charge in [0.2, 0.25) is 5.91 Å². The summed E-state index contributed by atoms with van der Waals surface area (Å²) >= 11 is 5.16. The second-order valence-corrected chi connectivity index (χ2v) is 7.21. The van der Waals surface area contributed by atoms with Gasteiger partial charge in [0.1, 0.15) is 0 Å². The summed E-state index contributed by atoms with van der Waals surface area (Å²) in [6, 6.07) is 8.31. The van der Waals surface area contributed by atoms with Gasteiger partial charge in [-0.3, -0.25) is 4.79 Å². The van der Waals surface area contributed by atoms with Crippen LogP contribution in [0.5, 0.6) is 0 Å². The first-order valence-corrected chi connectivity index (χ1v) is 8.66. The van der Waals surface area contributed by atoms with Crippen LogP contribution in [0.4, 0.5) is 0 Å². The molecule has 1 heterocycles. The fourth-order valence-corrected chi connectivity index (χ4v) is 3.44. The minimum absolute atomic E-state index is 0.0572. The lowest BCUT2D eigenvalue weighted by Crippen LogP contribution is -2.40. The highest BCUT2D eigenvalue weighted by Gasteiger charge is 2.22. The van der Waals surface area contributed by atoms with Gasteiger partial charge >= 0.3 is 0 Å². The Morgan fingerprint density at radius 2 is 1.89 bits per heavy atom. The van der Waals surface area contributed by atoms with Crippen LogP contribution < -0.4 is 0 Å². The number of rotatable bonds is 4. The van der Waals surface area contributed by atoms with E-state index in [2.05, 4.69) is 28.1 Å². The van der Waals surface area contributed by atoms with E-state index in [-0.39, 0.29) is 5.25 Å². The van der Waals surface area contributed by atoms with Crippen LogP contribution in [0.1, 0.15) is 31.7 Å². The summed E-state index contributed by atoms with van der Waals surface area (Å²) in [6.45, 7) is 3.92. The molecule has 1 aliphatic rings. The van der Waals surface area contributed by atoms with E-state index >= 15 is 0 Å². The maximum Gasteiger partial charge on any atom is 0.235 e. The molecule has 1 amide bonds. The minimum atomic E-state index is 0.0572. The van der Waals surface area contributed by atoms with Gasteiger partial charge in [0.25, 0.3) is 0 Å². The highest BCUT2D eigenvalue weighted by atomic mass is 79.9. The molecule has 1 fully saturated rings. The molecule has 1 aromatic carbocycles. The van der Waals surface area contributed by atoms with E-state index < -0.39 is 0 Å². The van der Waals surface area contributed by atoms with Crippen molar-refractivity contribution in [2.75, 3.05) is 13.1 Å². The molecule has 1 saturated heterocycles. The van der Waals surface area contributed by atoms with Crippen molar-refractivity contribution in [2.24, 2.45) is 0 Å². The predicted molar refractivity (Wildman–Crippen MR) is 85.3 cm³/mol. The lowest BCUT2D eigenvalue weighted by Gasteiger charge is -2.29. The molecule has 104 valence electrons. The molecule has 1 aliphatic heterocycles. The predicted octanol–water partition coefficient (Wildman–Crippen LogP) is 4.08. The van der Waals surface area contributed by atoms with E-state index in [1.165, 1.54) is 12.0 Å². The Hall–Kier alpha value is -0.480. The zero-order valence-electron chi connectivity index (χ0n) is 11.3. The summed E-state index contributed by atoms with van der Waals surface area (Å²) in [5, 5.41) is 0.0572. The standard InChI is InChI=1S/C15H20BrNOS/c1-12(15(18)17-9-3-2-4-10-17)19-11-13-5-7-14(16)8-6-13/h5-8,12H,2-4,9-11H2,1H3. The van der Waals surface area contributed by atoms with Gasteiger partial charge < -0.3 is 4.90 Å². The Bertz CT molecular complexity index is 415. The van der Waals surface area contributed by atoms with Gasteiger partial charge in [0, 0.05) is 23.3 Å². The number of halogens is 1. The highest BCUT2D eigenvalue weighted by Crippen LogP contribution is 2.22. The monoisotopic (exact) mass is 341 g/mol. The summed E-state index contributed by atoms with van der Waals surface area (Å²) in [4.78, 5) is 14.3. The van der Waals surface area contributed by atoms with E-state index in [1.807, 2.05) is 24.0 Å². The van der Waals surface area contributed by atoms with Crippen LogP contribution in [-0.4, -0.2) is 29.1 Å². The summed E-state index contributed by atoms with van der Waals surface area (Å²) in [5.74, 6) is 1.20. The van der Waals surface area contributed by atoms with Crippen LogP contribution >= 0.6 is 27.7 Å². The molecule has 0 spiro atoms. The summed E-state index contributed by atoms with van der Waals surface area (Å²) in [7, 11) is 0. The fourth-order valence-electron chi connectivity index (χ4n) is 2.24. The normalized spacial score (nSPS) is 17.3. The van der Waals surface area contributed by atoms with Crippen molar-refractivity contribution in [1.29, 1.82) is 0 Å². The number of piperidine rings is 1. The second kappa shape index (κ2) is 7.34. The van der Waals surface area contributed by atoms with Gasteiger partial charge in [-0.25, -0.2) is 0 Å². The van der Waals surface area contributed by atoms with Crippen LogP contribution in [-0.2, 0) is 10.5 Å². The number of thioether (sulfide) groups is 1. The Kier molecular flexibility index (Phi) is 5.76. The Morgan fingerprint density at radius 3 is 2.53 bits per heavy atom. The molecule has 0 saturated carbocycles. The molecule has 0 radical (unpaired) electrons. The molecule has 2 nitrogen and oxygen atoms in total. The molecule has 0 bridgehead atoms. The molecule has 1 unspecified atom stereocenters. The van der Waals surface area contributed by atoms with Crippen LogP contribution in [0.25, 0.3) is 0 Å². The van der Waals surface area contributed by atoms with Gasteiger partial charge in [0.05, 0.1) is 5.25 Å². The molecular weight excluding hydrogens is 322 g/mol. The first-order valence-electron chi connectivity index (χ1n) is 6.81. The number of carbonyl (C=O) groups is 1. The molecule has 1 aromatic rings. The number of likely N-dealkylation sites (tertiary alicyclic amines) is 1. The summed E-state index contributed by atoms with van der Waals surface area (Å²) in [5.41, 5.74) is 1.27. The lowest BCUT2D eigenvalue weighted by atomic mass is 10.1. The average molecular weight is 342 g/mol. The number of benzene rings is 1. The third kappa shape index (κ3) is 4.53. The Balaban J connectivity index is 1.81. The lowest BCUT2D eigenvalue weighted by molar-refractivity contribution is -0.131. The summed E-state index contributed by atoms with van der Waals surface area (Å²) in [6.07, 6.45) is 3.59. The van der Waals surface area contributed by atoms with E-state index in [9.17, 15) is 4.79 Å². The summed E-state index contributed by atoms with van der Waals surface area (Å²) < 4.78 is 1.10. The maximum absolute atomic E-state index is 12.3.